The van der Waals surface area contributed by atoms with Crippen LogP contribution in [0.2, 0.25) is 0 Å². The van der Waals surface area contributed by atoms with E-state index in [9.17, 15) is 4.79 Å². The molecule has 5 nitrogen and oxygen atoms in total. The Hall–Kier alpha value is -2.17. The fraction of sp³-hybridized carbons (Fsp3) is 0.591. The highest BCUT2D eigenvalue weighted by Gasteiger charge is 2.17. The molecule has 1 amide bonds. The first-order chi connectivity index (χ1) is 13.3. The van der Waals surface area contributed by atoms with Gasteiger partial charge in [-0.25, -0.2) is 0 Å². The zero-order valence-electron chi connectivity index (χ0n) is 16.1. The highest BCUT2D eigenvalue weighted by molar-refractivity contribution is 5.90. The second kappa shape index (κ2) is 8.68. The van der Waals surface area contributed by atoms with Crippen molar-refractivity contribution in [1.82, 2.24) is 14.8 Å². The predicted octanol–water partition coefficient (Wildman–Crippen LogP) is 4.97. The van der Waals surface area contributed by atoms with Gasteiger partial charge in [0, 0.05) is 30.6 Å². The first kappa shape index (κ1) is 18.2. The molecule has 2 aromatic rings. The molecular weight excluding hydrogens is 336 g/mol. The van der Waals surface area contributed by atoms with Gasteiger partial charge in [-0.15, -0.1) is 10.2 Å². The molecule has 4 rings (SSSR count). The molecule has 1 fully saturated rings. The van der Waals surface area contributed by atoms with Crippen molar-refractivity contribution in [2.24, 2.45) is 5.92 Å². The topological polar surface area (TPSA) is 59.8 Å². The van der Waals surface area contributed by atoms with E-state index in [1.54, 1.807) is 0 Å². The van der Waals surface area contributed by atoms with Crippen LogP contribution in [0.5, 0.6) is 0 Å². The molecule has 1 aromatic heterocycles. The van der Waals surface area contributed by atoms with Gasteiger partial charge in [0.1, 0.15) is 5.82 Å². The number of fused-ring (bicyclic) bond motifs is 1. The Bertz CT molecular complexity index is 759. The largest absolute Gasteiger partial charge is 0.326 e. The Morgan fingerprint density at radius 2 is 1.78 bits per heavy atom. The third kappa shape index (κ3) is 4.57. The van der Waals surface area contributed by atoms with Crippen molar-refractivity contribution in [3.8, 4) is 11.4 Å². The van der Waals surface area contributed by atoms with E-state index >= 15 is 0 Å². The Kier molecular flexibility index (Phi) is 5.85. The predicted molar refractivity (Wildman–Crippen MR) is 107 cm³/mol. The number of aryl methyl sites for hydroxylation is 1. The smallest absolute Gasteiger partial charge is 0.224 e. The second-order valence-corrected chi connectivity index (χ2v) is 8.07. The van der Waals surface area contributed by atoms with Gasteiger partial charge < -0.3 is 9.88 Å². The molecule has 27 heavy (non-hydrogen) atoms. The Morgan fingerprint density at radius 3 is 2.59 bits per heavy atom. The lowest BCUT2D eigenvalue weighted by atomic mass is 9.86. The molecule has 0 spiro atoms. The molecule has 0 radical (unpaired) electrons. The minimum Gasteiger partial charge on any atom is -0.326 e. The van der Waals surface area contributed by atoms with Gasteiger partial charge in [-0.05, 0) is 49.4 Å². The normalized spacial score (nSPS) is 17.9. The maximum Gasteiger partial charge on any atom is 0.224 e. The highest BCUT2D eigenvalue weighted by Crippen LogP contribution is 2.28. The van der Waals surface area contributed by atoms with Crippen molar-refractivity contribution >= 4 is 11.6 Å². The minimum absolute atomic E-state index is 0.129. The van der Waals surface area contributed by atoms with Crippen LogP contribution >= 0.6 is 0 Å². The van der Waals surface area contributed by atoms with Crippen molar-refractivity contribution in [3.05, 3.63) is 30.1 Å². The zero-order chi connectivity index (χ0) is 18.5. The number of hydrogen-bond acceptors (Lipinski definition) is 3. The molecule has 1 saturated carbocycles. The summed E-state index contributed by atoms with van der Waals surface area (Å²) in [6, 6.07) is 8.04. The van der Waals surface area contributed by atoms with Gasteiger partial charge >= 0.3 is 0 Å². The lowest BCUT2D eigenvalue weighted by Gasteiger charge is -2.21. The molecule has 2 heterocycles. The van der Waals surface area contributed by atoms with E-state index in [4.69, 9.17) is 0 Å². The third-order valence-corrected chi connectivity index (χ3v) is 6.04. The average Bonchev–Trinajstić information content (AvgIpc) is 2.96. The van der Waals surface area contributed by atoms with E-state index in [0.717, 1.165) is 48.2 Å². The summed E-state index contributed by atoms with van der Waals surface area (Å²) < 4.78 is 2.25. The molecule has 1 aliphatic heterocycles. The van der Waals surface area contributed by atoms with Gasteiger partial charge in [0.05, 0.1) is 0 Å². The number of nitrogens with zero attached hydrogens (tertiary/aromatic N) is 3. The molecule has 0 atom stereocenters. The summed E-state index contributed by atoms with van der Waals surface area (Å²) in [5, 5.41) is 11.8. The average molecular weight is 367 g/mol. The number of rotatable bonds is 5. The SMILES string of the molecule is O=C(CCC1CCCCC1)Nc1ccc(-c2nnc3n2CCCCC3)cc1. The van der Waals surface area contributed by atoms with Gasteiger partial charge in [-0.3, -0.25) is 4.79 Å². The number of aromatic nitrogens is 3. The van der Waals surface area contributed by atoms with Crippen LogP contribution in [0, 0.1) is 5.92 Å². The first-order valence-corrected chi connectivity index (χ1v) is 10.6. The highest BCUT2D eigenvalue weighted by atomic mass is 16.1. The van der Waals surface area contributed by atoms with Gasteiger partial charge in [0.15, 0.2) is 5.82 Å². The number of anilines is 1. The van der Waals surface area contributed by atoms with Crippen LogP contribution in [0.1, 0.15) is 70.0 Å². The summed E-state index contributed by atoms with van der Waals surface area (Å²) in [6.07, 6.45) is 12.9. The van der Waals surface area contributed by atoms with Crippen LogP contribution in [0.15, 0.2) is 24.3 Å². The third-order valence-electron chi connectivity index (χ3n) is 6.04. The van der Waals surface area contributed by atoms with Crippen LogP contribution in [-0.4, -0.2) is 20.7 Å². The number of amides is 1. The quantitative estimate of drug-likeness (QED) is 0.812. The maximum absolute atomic E-state index is 12.3. The molecule has 2 aliphatic rings. The van der Waals surface area contributed by atoms with E-state index in [1.165, 1.54) is 51.4 Å². The van der Waals surface area contributed by atoms with Crippen LogP contribution < -0.4 is 5.32 Å². The Morgan fingerprint density at radius 1 is 1.00 bits per heavy atom. The van der Waals surface area contributed by atoms with Crippen LogP contribution in [0.4, 0.5) is 5.69 Å². The lowest BCUT2D eigenvalue weighted by Crippen LogP contribution is -2.14. The molecule has 0 saturated heterocycles. The molecule has 1 N–H and O–H groups in total. The summed E-state index contributed by atoms with van der Waals surface area (Å²) in [6.45, 7) is 0.997. The summed E-state index contributed by atoms with van der Waals surface area (Å²) in [4.78, 5) is 12.3. The van der Waals surface area contributed by atoms with Crippen molar-refractivity contribution in [2.75, 3.05) is 5.32 Å². The molecule has 144 valence electrons. The summed E-state index contributed by atoms with van der Waals surface area (Å²) >= 11 is 0. The summed E-state index contributed by atoms with van der Waals surface area (Å²) in [7, 11) is 0. The zero-order valence-corrected chi connectivity index (χ0v) is 16.1. The maximum atomic E-state index is 12.3. The van der Waals surface area contributed by atoms with E-state index in [0.29, 0.717) is 6.42 Å². The van der Waals surface area contributed by atoms with Crippen molar-refractivity contribution < 1.29 is 4.79 Å². The van der Waals surface area contributed by atoms with Gasteiger partial charge in [-0.1, -0.05) is 38.5 Å². The van der Waals surface area contributed by atoms with Crippen LogP contribution in [-0.2, 0) is 17.8 Å². The van der Waals surface area contributed by atoms with Gasteiger partial charge in [0.2, 0.25) is 5.91 Å². The van der Waals surface area contributed by atoms with Crippen molar-refractivity contribution in [3.63, 3.8) is 0 Å². The number of carbonyl (C=O) groups is 1. The van der Waals surface area contributed by atoms with E-state index in [1.807, 2.05) is 24.3 Å². The van der Waals surface area contributed by atoms with E-state index in [-0.39, 0.29) is 5.91 Å². The summed E-state index contributed by atoms with van der Waals surface area (Å²) in [5.41, 5.74) is 1.93. The second-order valence-electron chi connectivity index (χ2n) is 8.07. The molecule has 0 unspecified atom stereocenters. The Balaban J connectivity index is 1.35. The van der Waals surface area contributed by atoms with Gasteiger partial charge in [0.25, 0.3) is 0 Å². The first-order valence-electron chi connectivity index (χ1n) is 10.6. The Labute approximate surface area is 161 Å². The summed E-state index contributed by atoms with van der Waals surface area (Å²) in [5.74, 6) is 2.92. The number of benzene rings is 1. The standard InChI is InChI=1S/C22H30N4O/c27-21(15-10-17-7-3-1-4-8-17)23-19-13-11-18(12-14-19)22-25-24-20-9-5-2-6-16-26(20)22/h11-14,17H,1-10,15-16H2,(H,23,27). The van der Waals surface area contributed by atoms with E-state index in [2.05, 4.69) is 20.1 Å². The number of carbonyl (C=O) groups excluding carboxylic acids is 1. The lowest BCUT2D eigenvalue weighted by molar-refractivity contribution is -0.116. The fourth-order valence-electron chi connectivity index (χ4n) is 4.44. The molecule has 1 aromatic carbocycles. The molecular formula is C22H30N4O. The van der Waals surface area contributed by atoms with Crippen LogP contribution in [0.3, 0.4) is 0 Å². The number of nitrogens with one attached hydrogen (secondary N) is 1. The van der Waals surface area contributed by atoms with Gasteiger partial charge in [-0.2, -0.15) is 0 Å². The van der Waals surface area contributed by atoms with Crippen LogP contribution in [0.25, 0.3) is 11.4 Å². The minimum atomic E-state index is 0.129. The molecule has 5 heteroatoms. The van der Waals surface area contributed by atoms with E-state index < -0.39 is 0 Å². The van der Waals surface area contributed by atoms with Crippen molar-refractivity contribution in [1.29, 1.82) is 0 Å². The monoisotopic (exact) mass is 366 g/mol. The van der Waals surface area contributed by atoms with Crippen molar-refractivity contribution in [2.45, 2.75) is 77.2 Å². The fourth-order valence-corrected chi connectivity index (χ4v) is 4.44. The molecule has 1 aliphatic carbocycles. The number of hydrogen-bond donors (Lipinski definition) is 1. The molecule has 0 bridgehead atoms.